The number of benzene rings is 2. The van der Waals surface area contributed by atoms with Crippen molar-refractivity contribution in [1.29, 1.82) is 0 Å². The Morgan fingerprint density at radius 3 is 2.45 bits per heavy atom. The van der Waals surface area contributed by atoms with Gasteiger partial charge in [0.05, 0.1) is 5.56 Å². The zero-order valence-corrected chi connectivity index (χ0v) is 13.1. The Hall–Kier alpha value is -2.60. The summed E-state index contributed by atoms with van der Waals surface area (Å²) in [5.74, 6) is -0.558. The fourth-order valence-corrected chi connectivity index (χ4v) is 2.00. The average Bonchev–Trinajstić information content (AvgIpc) is 2.49. The molecule has 114 valence electrons. The van der Waals surface area contributed by atoms with E-state index in [0.29, 0.717) is 0 Å². The van der Waals surface area contributed by atoms with E-state index in [-0.39, 0.29) is 16.4 Å². The average molecular weight is 315 g/mol. The van der Waals surface area contributed by atoms with E-state index >= 15 is 0 Å². The van der Waals surface area contributed by atoms with Crippen molar-refractivity contribution in [3.63, 3.8) is 0 Å². The fraction of sp³-hybridized carbons (Fsp3) is 0.125. The van der Waals surface area contributed by atoms with Crippen LogP contribution >= 0.6 is 12.2 Å². The number of hydrogen-bond acceptors (Lipinski definition) is 3. The maximum atomic E-state index is 11.9. The molecule has 0 bridgehead atoms. The Morgan fingerprint density at radius 1 is 1.05 bits per heavy atom. The van der Waals surface area contributed by atoms with Crippen LogP contribution in [0.25, 0.3) is 0 Å². The van der Waals surface area contributed by atoms with Crippen molar-refractivity contribution in [2.75, 3.05) is 5.32 Å². The third-order valence-electron chi connectivity index (χ3n) is 3.20. The number of phenolic OH excluding ortho intramolecular Hbond substituents is 1. The molecule has 22 heavy (non-hydrogen) atoms. The molecule has 0 aliphatic heterocycles. The topological polar surface area (TPSA) is 73.4 Å². The van der Waals surface area contributed by atoms with Crippen molar-refractivity contribution in [1.82, 2.24) is 10.9 Å². The SMILES string of the molecule is Cc1ccc(NC(=S)NNC(=O)c2ccccc2O)cc1C. The number of aryl methyl sites for hydroxylation is 2. The molecule has 0 radical (unpaired) electrons. The van der Waals surface area contributed by atoms with E-state index in [9.17, 15) is 9.90 Å². The third-order valence-corrected chi connectivity index (χ3v) is 3.41. The summed E-state index contributed by atoms with van der Waals surface area (Å²) < 4.78 is 0. The summed E-state index contributed by atoms with van der Waals surface area (Å²) in [5.41, 5.74) is 8.37. The molecule has 5 nitrogen and oxygen atoms in total. The molecule has 0 atom stereocenters. The lowest BCUT2D eigenvalue weighted by Crippen LogP contribution is -2.43. The Labute approximate surface area is 134 Å². The molecule has 0 aromatic heterocycles. The molecule has 0 aliphatic carbocycles. The summed E-state index contributed by atoms with van der Waals surface area (Å²) in [5, 5.41) is 12.8. The van der Waals surface area contributed by atoms with E-state index in [0.717, 1.165) is 11.3 Å². The maximum absolute atomic E-state index is 11.9. The van der Waals surface area contributed by atoms with Gasteiger partial charge < -0.3 is 10.4 Å². The number of carbonyl (C=O) groups excluding carboxylic acids is 1. The highest BCUT2D eigenvalue weighted by Crippen LogP contribution is 2.15. The van der Waals surface area contributed by atoms with E-state index in [1.54, 1.807) is 12.1 Å². The van der Waals surface area contributed by atoms with Crippen LogP contribution in [0.1, 0.15) is 21.5 Å². The van der Waals surface area contributed by atoms with Gasteiger partial charge in [-0.1, -0.05) is 18.2 Å². The first kappa shape index (κ1) is 15.8. The first-order valence-electron chi connectivity index (χ1n) is 6.70. The molecule has 0 fully saturated rings. The molecule has 0 heterocycles. The molecule has 0 aliphatic rings. The summed E-state index contributed by atoms with van der Waals surface area (Å²) in [6.45, 7) is 4.04. The van der Waals surface area contributed by atoms with Gasteiger partial charge in [0.25, 0.3) is 5.91 Å². The highest BCUT2D eigenvalue weighted by molar-refractivity contribution is 7.80. The van der Waals surface area contributed by atoms with E-state index in [1.807, 2.05) is 32.0 Å². The minimum Gasteiger partial charge on any atom is -0.507 e. The predicted molar refractivity (Wildman–Crippen MR) is 90.8 cm³/mol. The van der Waals surface area contributed by atoms with E-state index in [4.69, 9.17) is 12.2 Å². The number of hydrogen-bond donors (Lipinski definition) is 4. The molecule has 2 aromatic rings. The number of anilines is 1. The monoisotopic (exact) mass is 315 g/mol. The van der Waals surface area contributed by atoms with Crippen LogP contribution in [0.3, 0.4) is 0 Å². The Kier molecular flexibility index (Phi) is 4.95. The van der Waals surface area contributed by atoms with Crippen LogP contribution in [-0.2, 0) is 0 Å². The molecule has 0 saturated carbocycles. The lowest BCUT2D eigenvalue weighted by molar-refractivity contribution is 0.0941. The molecule has 2 aromatic carbocycles. The number of hydrazine groups is 1. The van der Waals surface area contributed by atoms with Gasteiger partial charge in [0.1, 0.15) is 5.75 Å². The van der Waals surface area contributed by atoms with Crippen molar-refractivity contribution in [3.05, 3.63) is 59.2 Å². The van der Waals surface area contributed by atoms with Crippen molar-refractivity contribution in [2.45, 2.75) is 13.8 Å². The zero-order chi connectivity index (χ0) is 16.1. The van der Waals surface area contributed by atoms with E-state index in [2.05, 4.69) is 16.2 Å². The second-order valence-electron chi connectivity index (χ2n) is 4.85. The van der Waals surface area contributed by atoms with Crippen LogP contribution in [0.15, 0.2) is 42.5 Å². The van der Waals surface area contributed by atoms with Gasteiger partial charge >= 0.3 is 0 Å². The molecule has 0 saturated heterocycles. The van der Waals surface area contributed by atoms with Crippen LogP contribution in [0, 0.1) is 13.8 Å². The summed E-state index contributed by atoms with van der Waals surface area (Å²) in [4.78, 5) is 11.9. The molecule has 6 heteroatoms. The first-order valence-corrected chi connectivity index (χ1v) is 7.11. The second-order valence-corrected chi connectivity index (χ2v) is 5.26. The first-order chi connectivity index (χ1) is 10.5. The molecular weight excluding hydrogens is 298 g/mol. The van der Waals surface area contributed by atoms with E-state index in [1.165, 1.54) is 17.7 Å². The van der Waals surface area contributed by atoms with Gasteiger partial charge in [-0.2, -0.15) is 0 Å². The van der Waals surface area contributed by atoms with Gasteiger partial charge in [0.15, 0.2) is 5.11 Å². The van der Waals surface area contributed by atoms with Crippen LogP contribution in [0.4, 0.5) is 5.69 Å². The summed E-state index contributed by atoms with van der Waals surface area (Å²) in [6, 6.07) is 12.1. The smallest absolute Gasteiger partial charge is 0.273 e. The fourth-order valence-electron chi connectivity index (χ4n) is 1.83. The number of aromatic hydroxyl groups is 1. The molecule has 0 spiro atoms. The number of rotatable bonds is 2. The molecule has 1 amide bonds. The normalized spacial score (nSPS) is 9.91. The lowest BCUT2D eigenvalue weighted by Gasteiger charge is -2.13. The number of nitrogens with one attached hydrogen (secondary N) is 3. The highest BCUT2D eigenvalue weighted by atomic mass is 32.1. The van der Waals surface area contributed by atoms with Gasteiger partial charge in [-0.25, -0.2) is 0 Å². The molecule has 0 unspecified atom stereocenters. The van der Waals surface area contributed by atoms with Gasteiger partial charge in [-0.3, -0.25) is 15.6 Å². The molecule has 2 rings (SSSR count). The molecule has 4 N–H and O–H groups in total. The van der Waals surface area contributed by atoms with Crippen LogP contribution in [0.2, 0.25) is 0 Å². The molecular formula is C16H17N3O2S. The maximum Gasteiger partial charge on any atom is 0.273 e. The summed E-state index contributed by atoms with van der Waals surface area (Å²) >= 11 is 5.11. The minimum absolute atomic E-state index is 0.0881. The van der Waals surface area contributed by atoms with Crippen LogP contribution in [0.5, 0.6) is 5.75 Å². The quantitative estimate of drug-likeness (QED) is 0.506. The Bertz CT molecular complexity index is 716. The highest BCUT2D eigenvalue weighted by Gasteiger charge is 2.10. The van der Waals surface area contributed by atoms with Gasteiger partial charge in [0.2, 0.25) is 0 Å². The van der Waals surface area contributed by atoms with Gasteiger partial charge in [0, 0.05) is 5.69 Å². The minimum atomic E-state index is -0.470. The Morgan fingerprint density at radius 2 is 1.77 bits per heavy atom. The number of phenols is 1. The standard InChI is InChI=1S/C16H17N3O2S/c1-10-7-8-12(9-11(10)2)17-16(22)19-18-15(21)13-5-3-4-6-14(13)20/h3-9,20H,1-2H3,(H,18,21)(H2,17,19,22). The number of para-hydroxylation sites is 1. The van der Waals surface area contributed by atoms with Crippen molar-refractivity contribution in [3.8, 4) is 5.75 Å². The second kappa shape index (κ2) is 6.91. The largest absolute Gasteiger partial charge is 0.507 e. The van der Waals surface area contributed by atoms with Gasteiger partial charge in [-0.15, -0.1) is 0 Å². The Balaban J connectivity index is 1.91. The van der Waals surface area contributed by atoms with E-state index < -0.39 is 5.91 Å². The van der Waals surface area contributed by atoms with Crippen molar-refractivity contribution < 1.29 is 9.90 Å². The van der Waals surface area contributed by atoms with Crippen LogP contribution in [-0.4, -0.2) is 16.1 Å². The lowest BCUT2D eigenvalue weighted by atomic mass is 10.1. The number of amides is 1. The van der Waals surface area contributed by atoms with Crippen molar-refractivity contribution in [2.24, 2.45) is 0 Å². The number of carbonyl (C=O) groups is 1. The summed E-state index contributed by atoms with van der Waals surface area (Å²) in [7, 11) is 0. The van der Waals surface area contributed by atoms with Crippen molar-refractivity contribution >= 4 is 28.9 Å². The zero-order valence-electron chi connectivity index (χ0n) is 12.3. The summed E-state index contributed by atoms with van der Waals surface area (Å²) in [6.07, 6.45) is 0. The van der Waals surface area contributed by atoms with Gasteiger partial charge in [-0.05, 0) is 61.5 Å². The third kappa shape index (κ3) is 3.95. The van der Waals surface area contributed by atoms with Crippen LogP contribution < -0.4 is 16.2 Å². The number of thiocarbonyl (C=S) groups is 1. The predicted octanol–water partition coefficient (Wildman–Crippen LogP) is 2.64.